The summed E-state index contributed by atoms with van der Waals surface area (Å²) in [5, 5.41) is 9.41. The summed E-state index contributed by atoms with van der Waals surface area (Å²) < 4.78 is 0. The second-order valence-electron chi connectivity index (χ2n) is 5.73. The number of hydrogen-bond donors (Lipinski definition) is 1. The molecule has 1 aromatic rings. The average molecular weight is 278 g/mol. The summed E-state index contributed by atoms with van der Waals surface area (Å²) in [6, 6.07) is 0.250. The SMILES string of the molecule is CC(C)c1ncc(N2CCN(C)CC2C)c(C(=O)O)n1. The number of hydrogen-bond acceptors (Lipinski definition) is 5. The number of carboxylic acids is 1. The first-order valence-corrected chi connectivity index (χ1v) is 6.95. The van der Waals surface area contributed by atoms with Crippen LogP contribution >= 0.6 is 0 Å². The molecule has 0 spiro atoms. The molecule has 0 bridgehead atoms. The van der Waals surface area contributed by atoms with E-state index in [0.717, 1.165) is 19.6 Å². The van der Waals surface area contributed by atoms with Crippen LogP contribution < -0.4 is 4.90 Å². The number of piperazine rings is 1. The van der Waals surface area contributed by atoms with Gasteiger partial charge in [0.1, 0.15) is 5.82 Å². The second kappa shape index (κ2) is 5.75. The maximum atomic E-state index is 11.5. The van der Waals surface area contributed by atoms with Crippen molar-refractivity contribution in [2.24, 2.45) is 0 Å². The van der Waals surface area contributed by atoms with E-state index >= 15 is 0 Å². The Morgan fingerprint density at radius 1 is 1.45 bits per heavy atom. The smallest absolute Gasteiger partial charge is 0.356 e. The molecule has 1 saturated heterocycles. The third-order valence-electron chi connectivity index (χ3n) is 3.65. The molecule has 1 unspecified atom stereocenters. The van der Waals surface area contributed by atoms with Crippen molar-refractivity contribution < 1.29 is 9.90 Å². The van der Waals surface area contributed by atoms with Gasteiger partial charge in [0.15, 0.2) is 5.69 Å². The van der Waals surface area contributed by atoms with E-state index in [1.54, 1.807) is 6.20 Å². The van der Waals surface area contributed by atoms with Gasteiger partial charge in [0.2, 0.25) is 0 Å². The van der Waals surface area contributed by atoms with Gasteiger partial charge in [0.25, 0.3) is 0 Å². The molecule has 110 valence electrons. The molecule has 6 nitrogen and oxygen atoms in total. The summed E-state index contributed by atoms with van der Waals surface area (Å²) in [6.45, 7) is 8.62. The Balaban J connectivity index is 2.38. The summed E-state index contributed by atoms with van der Waals surface area (Å²) in [4.78, 5) is 24.4. The van der Waals surface area contributed by atoms with Crippen LogP contribution in [0.4, 0.5) is 5.69 Å². The van der Waals surface area contributed by atoms with Crippen LogP contribution in [0.1, 0.15) is 43.0 Å². The van der Waals surface area contributed by atoms with Crippen molar-refractivity contribution in [3.63, 3.8) is 0 Å². The molecule has 1 fully saturated rings. The van der Waals surface area contributed by atoms with Crippen LogP contribution in [0.3, 0.4) is 0 Å². The van der Waals surface area contributed by atoms with Gasteiger partial charge >= 0.3 is 5.97 Å². The predicted octanol–water partition coefficient (Wildman–Crippen LogP) is 1.44. The first kappa shape index (κ1) is 14.7. The van der Waals surface area contributed by atoms with E-state index in [9.17, 15) is 9.90 Å². The molecule has 2 rings (SSSR count). The van der Waals surface area contributed by atoms with E-state index in [1.165, 1.54) is 0 Å². The minimum Gasteiger partial charge on any atom is -0.476 e. The molecule has 1 aliphatic rings. The molecule has 0 radical (unpaired) electrons. The third-order valence-corrected chi connectivity index (χ3v) is 3.65. The molecule has 6 heteroatoms. The van der Waals surface area contributed by atoms with Crippen LogP contribution in [0, 0.1) is 0 Å². The molecule has 20 heavy (non-hydrogen) atoms. The third kappa shape index (κ3) is 2.90. The maximum absolute atomic E-state index is 11.5. The van der Waals surface area contributed by atoms with E-state index in [0.29, 0.717) is 11.5 Å². The number of aromatic nitrogens is 2. The van der Waals surface area contributed by atoms with E-state index in [4.69, 9.17) is 0 Å². The Hall–Kier alpha value is -1.69. The van der Waals surface area contributed by atoms with Gasteiger partial charge in [0, 0.05) is 31.6 Å². The van der Waals surface area contributed by atoms with Gasteiger partial charge < -0.3 is 14.9 Å². The normalized spacial score (nSPS) is 20.4. The summed E-state index contributed by atoms with van der Waals surface area (Å²) >= 11 is 0. The number of carboxylic acid groups (broad SMARTS) is 1. The monoisotopic (exact) mass is 278 g/mol. The summed E-state index contributed by atoms with van der Waals surface area (Å²) in [5.41, 5.74) is 0.739. The van der Waals surface area contributed by atoms with Gasteiger partial charge in [-0.15, -0.1) is 0 Å². The van der Waals surface area contributed by atoms with Crippen LogP contribution in [-0.2, 0) is 0 Å². The number of nitrogens with zero attached hydrogens (tertiary/aromatic N) is 4. The van der Waals surface area contributed by atoms with Crippen molar-refractivity contribution in [2.75, 3.05) is 31.6 Å². The number of carbonyl (C=O) groups is 1. The number of likely N-dealkylation sites (N-methyl/N-ethyl adjacent to an activating group) is 1. The van der Waals surface area contributed by atoms with Gasteiger partial charge in [-0.25, -0.2) is 14.8 Å². The molecule has 1 aliphatic heterocycles. The van der Waals surface area contributed by atoms with E-state index < -0.39 is 5.97 Å². The Labute approximate surface area is 119 Å². The van der Waals surface area contributed by atoms with Crippen LogP contribution in [-0.4, -0.2) is 58.7 Å². The number of anilines is 1. The van der Waals surface area contributed by atoms with Gasteiger partial charge in [-0.1, -0.05) is 13.8 Å². The minimum atomic E-state index is -0.990. The Kier molecular flexibility index (Phi) is 4.23. The van der Waals surface area contributed by atoms with Crippen molar-refractivity contribution in [1.29, 1.82) is 0 Å². The van der Waals surface area contributed by atoms with E-state index in [-0.39, 0.29) is 17.7 Å². The zero-order chi connectivity index (χ0) is 14.9. The van der Waals surface area contributed by atoms with E-state index in [2.05, 4.69) is 33.7 Å². The van der Waals surface area contributed by atoms with Crippen LogP contribution in [0.25, 0.3) is 0 Å². The molecule has 0 amide bonds. The first-order chi connectivity index (χ1) is 9.40. The average Bonchev–Trinajstić information content (AvgIpc) is 2.38. The molecule has 1 N–H and O–H groups in total. The Bertz CT molecular complexity index is 504. The molecule has 0 aliphatic carbocycles. The summed E-state index contributed by atoms with van der Waals surface area (Å²) in [5.74, 6) is -0.296. The molecule has 1 aromatic heterocycles. The van der Waals surface area contributed by atoms with Gasteiger partial charge in [0.05, 0.1) is 11.9 Å². The molecule has 1 atom stereocenters. The summed E-state index contributed by atoms with van der Waals surface area (Å²) in [6.07, 6.45) is 1.66. The molecule has 2 heterocycles. The Morgan fingerprint density at radius 3 is 2.70 bits per heavy atom. The van der Waals surface area contributed by atoms with Gasteiger partial charge in [-0.2, -0.15) is 0 Å². The van der Waals surface area contributed by atoms with Crippen LogP contribution in [0.5, 0.6) is 0 Å². The zero-order valence-electron chi connectivity index (χ0n) is 12.5. The van der Waals surface area contributed by atoms with Crippen molar-refractivity contribution >= 4 is 11.7 Å². The fourth-order valence-corrected chi connectivity index (χ4v) is 2.53. The number of rotatable bonds is 3. The largest absolute Gasteiger partial charge is 0.476 e. The lowest BCUT2D eigenvalue weighted by Gasteiger charge is -2.39. The first-order valence-electron chi connectivity index (χ1n) is 6.95. The fourth-order valence-electron chi connectivity index (χ4n) is 2.53. The zero-order valence-corrected chi connectivity index (χ0v) is 12.5. The molecular formula is C14H22N4O2. The van der Waals surface area contributed by atoms with Crippen molar-refractivity contribution in [2.45, 2.75) is 32.7 Å². The topological polar surface area (TPSA) is 69.6 Å². The molecule has 0 aromatic carbocycles. The minimum absolute atomic E-state index is 0.111. The lowest BCUT2D eigenvalue weighted by atomic mass is 10.1. The quantitative estimate of drug-likeness (QED) is 0.902. The highest BCUT2D eigenvalue weighted by molar-refractivity contribution is 5.92. The van der Waals surface area contributed by atoms with Gasteiger partial charge in [-0.05, 0) is 14.0 Å². The van der Waals surface area contributed by atoms with Crippen LogP contribution in [0.2, 0.25) is 0 Å². The highest BCUT2D eigenvalue weighted by Crippen LogP contribution is 2.24. The van der Waals surface area contributed by atoms with Crippen molar-refractivity contribution in [1.82, 2.24) is 14.9 Å². The maximum Gasteiger partial charge on any atom is 0.356 e. The van der Waals surface area contributed by atoms with Crippen molar-refractivity contribution in [3.05, 3.63) is 17.7 Å². The highest BCUT2D eigenvalue weighted by Gasteiger charge is 2.27. The fraction of sp³-hybridized carbons (Fsp3) is 0.643. The predicted molar refractivity (Wildman–Crippen MR) is 77.4 cm³/mol. The standard InChI is InChI=1S/C14H22N4O2/c1-9(2)13-15-7-11(12(16-13)14(19)20)18-6-5-17(4)8-10(18)3/h7,9-10H,5-6,8H2,1-4H3,(H,19,20). The van der Waals surface area contributed by atoms with Gasteiger partial charge in [-0.3, -0.25) is 0 Å². The second-order valence-corrected chi connectivity index (χ2v) is 5.73. The molecule has 0 saturated carbocycles. The van der Waals surface area contributed by atoms with E-state index in [1.807, 2.05) is 13.8 Å². The Morgan fingerprint density at radius 2 is 2.15 bits per heavy atom. The lowest BCUT2D eigenvalue weighted by Crippen LogP contribution is -2.51. The van der Waals surface area contributed by atoms with Crippen molar-refractivity contribution in [3.8, 4) is 0 Å². The number of aromatic carboxylic acids is 1. The van der Waals surface area contributed by atoms with Crippen LogP contribution in [0.15, 0.2) is 6.20 Å². The molecular weight excluding hydrogens is 256 g/mol. The lowest BCUT2D eigenvalue weighted by molar-refractivity contribution is 0.0690. The highest BCUT2D eigenvalue weighted by atomic mass is 16.4. The summed E-state index contributed by atoms with van der Waals surface area (Å²) in [7, 11) is 2.07.